The fourth-order valence-electron chi connectivity index (χ4n) is 3.65. The number of nitrogens with two attached hydrogens (primary N) is 1. The Morgan fingerprint density at radius 3 is 1.56 bits per heavy atom. The third-order valence-corrected chi connectivity index (χ3v) is 7.63. The standard InChI is InChI=1S/C16H15BrN2O4.C9H9BrO2.C7H8N2O3.ClH/c1-10-7-15(17)14(8-16(10)20)11(2)18-23-9-12-3-5-13(6-4-12)19(21)22;1-5-3-8(10)7(6(2)11)4-9(5)12;8-12-5-6-1-3-7(4-2-6)9(10)11;/h3-8,20H,9H2,1-2H3;3-4,12H,1-2H3;1-4H,5,8H2;1H/b18-11+;;;. The number of carbonyl (C=O) groups excluding carboxylic acids is 1. The number of oxime groups is 1. The first-order valence-corrected chi connectivity index (χ1v) is 15.2. The number of aryl methyl sites for hydroxylation is 2. The van der Waals surface area contributed by atoms with E-state index in [1.807, 2.05) is 0 Å². The molecule has 0 heterocycles. The van der Waals surface area contributed by atoms with Crippen LogP contribution in [0.1, 0.15) is 52.0 Å². The summed E-state index contributed by atoms with van der Waals surface area (Å²) in [7, 11) is 0. The van der Waals surface area contributed by atoms with E-state index in [-0.39, 0.29) is 54.3 Å². The lowest BCUT2D eigenvalue weighted by atomic mass is 10.1. The number of benzene rings is 4. The molecule has 0 radical (unpaired) electrons. The highest BCUT2D eigenvalue weighted by molar-refractivity contribution is 9.10. The molecule has 0 saturated heterocycles. The number of phenols is 2. The number of non-ortho nitro benzene ring substituents is 2. The van der Waals surface area contributed by atoms with E-state index in [0.717, 1.165) is 36.8 Å². The molecule has 0 unspecified atom stereocenters. The molecule has 0 aromatic heterocycles. The van der Waals surface area contributed by atoms with Crippen molar-refractivity contribution in [2.45, 2.75) is 40.9 Å². The molecule has 48 heavy (non-hydrogen) atoms. The number of Topliss-reactive ketones (excluding diaryl/α,β-unsaturated/α-hetero) is 1. The number of ketones is 1. The van der Waals surface area contributed by atoms with E-state index >= 15 is 0 Å². The van der Waals surface area contributed by atoms with Crippen LogP contribution < -0.4 is 5.90 Å². The number of halogens is 3. The van der Waals surface area contributed by atoms with Crippen LogP contribution in [0.5, 0.6) is 11.5 Å². The highest BCUT2D eigenvalue weighted by atomic mass is 79.9. The maximum atomic E-state index is 11.0. The number of hydrogen-bond acceptors (Lipinski definition) is 11. The molecule has 0 aliphatic rings. The van der Waals surface area contributed by atoms with E-state index in [9.17, 15) is 35.2 Å². The van der Waals surface area contributed by atoms with Gasteiger partial charge in [-0.3, -0.25) is 29.9 Å². The highest BCUT2D eigenvalue weighted by Crippen LogP contribution is 2.27. The van der Waals surface area contributed by atoms with Crippen LogP contribution in [-0.2, 0) is 22.9 Å². The van der Waals surface area contributed by atoms with Gasteiger partial charge in [0.25, 0.3) is 11.4 Å². The van der Waals surface area contributed by atoms with Crippen LogP contribution in [-0.4, -0.2) is 31.6 Å². The van der Waals surface area contributed by atoms with Crippen molar-refractivity contribution in [2.24, 2.45) is 11.1 Å². The Morgan fingerprint density at radius 2 is 1.17 bits per heavy atom. The van der Waals surface area contributed by atoms with Crippen LogP contribution >= 0.6 is 44.3 Å². The topological polar surface area (TPSA) is 201 Å². The van der Waals surface area contributed by atoms with Crippen LogP contribution in [0.2, 0.25) is 0 Å². The third-order valence-electron chi connectivity index (χ3n) is 6.32. The zero-order valence-corrected chi connectivity index (χ0v) is 30.2. The summed E-state index contributed by atoms with van der Waals surface area (Å²) >= 11 is 6.68. The van der Waals surface area contributed by atoms with Gasteiger partial charge in [0.15, 0.2) is 5.78 Å². The summed E-state index contributed by atoms with van der Waals surface area (Å²) in [5, 5.41) is 43.9. The summed E-state index contributed by atoms with van der Waals surface area (Å²) in [6, 6.07) is 18.7. The molecule has 13 nitrogen and oxygen atoms in total. The number of carbonyl (C=O) groups is 1. The molecule has 0 aliphatic carbocycles. The minimum absolute atomic E-state index is 0. The normalized spacial score (nSPS) is 10.4. The van der Waals surface area contributed by atoms with Gasteiger partial charge >= 0.3 is 0 Å². The number of rotatable bonds is 9. The predicted octanol–water partition coefficient (Wildman–Crippen LogP) is 8.38. The summed E-state index contributed by atoms with van der Waals surface area (Å²) in [6.45, 7) is 7.29. The molecule has 4 aromatic rings. The van der Waals surface area contributed by atoms with E-state index in [1.54, 1.807) is 63.2 Å². The summed E-state index contributed by atoms with van der Waals surface area (Å²) in [4.78, 5) is 40.5. The second-order valence-electron chi connectivity index (χ2n) is 9.90. The Morgan fingerprint density at radius 1 is 0.771 bits per heavy atom. The van der Waals surface area contributed by atoms with E-state index in [1.165, 1.54) is 37.3 Å². The fraction of sp³-hybridized carbons (Fsp3) is 0.188. The largest absolute Gasteiger partial charge is 0.508 e. The summed E-state index contributed by atoms with van der Waals surface area (Å²) in [6.07, 6.45) is 0. The Balaban J connectivity index is 0.000000390. The maximum absolute atomic E-state index is 11.0. The second-order valence-corrected chi connectivity index (χ2v) is 11.6. The van der Waals surface area contributed by atoms with Crippen LogP contribution in [0.15, 0.2) is 86.9 Å². The van der Waals surface area contributed by atoms with Crippen molar-refractivity contribution in [3.63, 3.8) is 0 Å². The van der Waals surface area contributed by atoms with Crippen molar-refractivity contribution < 1.29 is 34.5 Å². The summed E-state index contributed by atoms with van der Waals surface area (Å²) < 4.78 is 1.54. The molecule has 0 spiro atoms. The van der Waals surface area contributed by atoms with Crippen molar-refractivity contribution in [1.29, 1.82) is 0 Å². The van der Waals surface area contributed by atoms with E-state index in [4.69, 9.17) is 10.7 Å². The number of nitro benzene ring substituents is 2. The Hall–Kier alpha value is -4.41. The first-order valence-electron chi connectivity index (χ1n) is 13.6. The predicted molar refractivity (Wildman–Crippen MR) is 191 cm³/mol. The molecular formula is C32H33Br2ClN4O9. The molecule has 0 aliphatic heterocycles. The zero-order chi connectivity index (χ0) is 35.3. The Bertz CT molecular complexity index is 1750. The van der Waals surface area contributed by atoms with Gasteiger partial charge in [-0.05, 0) is 98.5 Å². The smallest absolute Gasteiger partial charge is 0.269 e. The van der Waals surface area contributed by atoms with Crippen molar-refractivity contribution in [3.05, 3.63) is 135 Å². The average molecular weight is 813 g/mol. The van der Waals surface area contributed by atoms with E-state index < -0.39 is 9.85 Å². The molecule has 0 atom stereocenters. The van der Waals surface area contributed by atoms with Crippen molar-refractivity contribution in [2.75, 3.05) is 0 Å². The Labute approximate surface area is 299 Å². The van der Waals surface area contributed by atoms with Gasteiger partial charge in [0, 0.05) is 44.3 Å². The van der Waals surface area contributed by atoms with Gasteiger partial charge in [0.2, 0.25) is 0 Å². The molecule has 4 N–H and O–H groups in total. The fourth-order valence-corrected chi connectivity index (χ4v) is 5.13. The monoisotopic (exact) mass is 810 g/mol. The number of aromatic hydroxyl groups is 2. The van der Waals surface area contributed by atoms with Gasteiger partial charge in [-0.2, -0.15) is 0 Å². The molecule has 4 aromatic carbocycles. The van der Waals surface area contributed by atoms with Gasteiger partial charge in [-0.25, -0.2) is 5.90 Å². The number of hydrogen-bond donors (Lipinski definition) is 3. The van der Waals surface area contributed by atoms with Crippen molar-refractivity contribution in [3.8, 4) is 11.5 Å². The molecule has 0 bridgehead atoms. The minimum Gasteiger partial charge on any atom is -0.508 e. The first kappa shape index (κ1) is 41.6. The lowest BCUT2D eigenvalue weighted by Crippen LogP contribution is -1.99. The van der Waals surface area contributed by atoms with E-state index in [2.05, 4.69) is 41.9 Å². The van der Waals surface area contributed by atoms with Crippen molar-refractivity contribution >= 4 is 67.1 Å². The lowest BCUT2D eigenvalue weighted by molar-refractivity contribution is -0.385. The molecule has 256 valence electrons. The van der Waals surface area contributed by atoms with Crippen molar-refractivity contribution in [1.82, 2.24) is 0 Å². The van der Waals surface area contributed by atoms with Crippen LogP contribution in [0.3, 0.4) is 0 Å². The molecule has 4 rings (SSSR count). The van der Waals surface area contributed by atoms with Gasteiger partial charge in [0.1, 0.15) is 18.1 Å². The van der Waals surface area contributed by atoms with E-state index in [0.29, 0.717) is 11.3 Å². The maximum Gasteiger partial charge on any atom is 0.269 e. The van der Waals surface area contributed by atoms with Crippen LogP contribution in [0.4, 0.5) is 11.4 Å². The minimum atomic E-state index is -0.451. The Kier molecular flexibility index (Phi) is 17.4. The lowest BCUT2D eigenvalue weighted by Gasteiger charge is -2.07. The molecular weight excluding hydrogens is 780 g/mol. The second kappa shape index (κ2) is 20.1. The van der Waals surface area contributed by atoms with Gasteiger partial charge in [0.05, 0.1) is 22.2 Å². The van der Waals surface area contributed by atoms with Gasteiger partial charge < -0.3 is 15.1 Å². The summed E-state index contributed by atoms with van der Waals surface area (Å²) in [5.41, 5.74) is 5.06. The third kappa shape index (κ3) is 13.0. The van der Waals surface area contributed by atoms with Gasteiger partial charge in [-0.1, -0.05) is 37.0 Å². The van der Waals surface area contributed by atoms with Crippen LogP contribution in [0.25, 0.3) is 0 Å². The quantitative estimate of drug-likeness (QED) is 0.0638. The zero-order valence-electron chi connectivity index (χ0n) is 26.2. The molecule has 0 fully saturated rings. The first-order chi connectivity index (χ1) is 22.1. The SMILES string of the molecule is C/C(=N\OCc1ccc([N+](=O)[O-])cc1)c1cc(O)c(C)cc1Br.CC(=O)c1cc(O)c(C)cc1Br.Cl.NOCc1ccc([N+](=O)[O-])cc1. The number of nitro groups is 2. The highest BCUT2D eigenvalue weighted by Gasteiger charge is 2.10. The van der Waals surface area contributed by atoms with Gasteiger partial charge in [-0.15, -0.1) is 12.4 Å². The molecule has 0 saturated carbocycles. The molecule has 16 heteroatoms. The number of phenolic OH excluding ortho intramolecular Hbond substituents is 2. The average Bonchev–Trinajstić information content (AvgIpc) is 3.02. The van der Waals surface area contributed by atoms with Crippen LogP contribution in [0, 0.1) is 34.1 Å². The number of nitrogens with zero attached hydrogens (tertiary/aromatic N) is 3. The molecule has 0 amide bonds. The summed E-state index contributed by atoms with van der Waals surface area (Å²) in [5.74, 6) is 5.11.